The molecule has 1 saturated heterocycles. The highest BCUT2D eigenvalue weighted by atomic mass is 35.5. The van der Waals surface area contributed by atoms with Crippen LogP contribution in [0.4, 0.5) is 5.69 Å². The molecule has 142 valence electrons. The highest BCUT2D eigenvalue weighted by Crippen LogP contribution is 2.33. The third kappa shape index (κ3) is 4.66. The number of nitrogens with one attached hydrogen (secondary N) is 1. The minimum Gasteiger partial charge on any atom is -0.493 e. The molecule has 0 unspecified atom stereocenters. The van der Waals surface area contributed by atoms with Crippen molar-refractivity contribution < 1.29 is 14.3 Å². The second-order valence-electron chi connectivity index (χ2n) is 5.77. The minimum atomic E-state index is -0.223. The maximum Gasteiger partial charge on any atom is 0.264 e. The monoisotopic (exact) mass is 413 g/mol. The van der Waals surface area contributed by atoms with Crippen LogP contribution >= 0.6 is 23.4 Å². The molecule has 0 aromatic heterocycles. The van der Waals surface area contributed by atoms with Crippen LogP contribution in [0.3, 0.4) is 0 Å². The molecule has 0 spiro atoms. The molecule has 1 amide bonds. The lowest BCUT2D eigenvalue weighted by atomic mass is 10.2. The van der Waals surface area contributed by atoms with E-state index in [4.69, 9.17) is 26.3 Å². The van der Waals surface area contributed by atoms with Gasteiger partial charge in [-0.05, 0) is 66.2 Å². The Labute approximate surface area is 171 Å². The van der Waals surface area contributed by atoms with Crippen LogP contribution in [0.2, 0.25) is 5.02 Å². The Kier molecular flexibility index (Phi) is 6.24. The van der Waals surface area contributed by atoms with Crippen molar-refractivity contribution >= 4 is 46.2 Å². The van der Waals surface area contributed by atoms with Gasteiger partial charge in [0, 0.05) is 5.02 Å². The molecule has 2 aromatic carbocycles. The molecule has 6 nitrogen and oxygen atoms in total. The van der Waals surface area contributed by atoms with Crippen molar-refractivity contribution in [1.82, 2.24) is 5.32 Å². The molecule has 0 radical (unpaired) electrons. The van der Waals surface area contributed by atoms with Crippen LogP contribution in [0.15, 0.2) is 46.3 Å². The summed E-state index contributed by atoms with van der Waals surface area (Å²) in [5, 5.41) is 12.5. The Bertz CT molecular complexity index is 1030. The Hall–Kier alpha value is -2.95. The summed E-state index contributed by atoms with van der Waals surface area (Å²) in [5.74, 6) is 0.730. The van der Waals surface area contributed by atoms with Gasteiger partial charge in [0.25, 0.3) is 5.91 Å². The number of carbonyl (C=O) groups excluding carboxylic acids is 1. The third-order valence-corrected chi connectivity index (χ3v) is 4.95. The first-order valence-electron chi connectivity index (χ1n) is 8.23. The molecule has 8 heteroatoms. The Balaban J connectivity index is 1.82. The summed E-state index contributed by atoms with van der Waals surface area (Å²) in [6.07, 6.45) is 1.74. The molecule has 0 aliphatic carbocycles. The molecule has 1 aliphatic heterocycles. The smallest absolute Gasteiger partial charge is 0.264 e. The number of thioether (sulfide) groups is 1. The summed E-state index contributed by atoms with van der Waals surface area (Å²) >= 11 is 7.22. The van der Waals surface area contributed by atoms with Crippen LogP contribution in [-0.2, 0) is 4.79 Å². The topological polar surface area (TPSA) is 83.7 Å². The number of carbonyl (C=O) groups is 1. The van der Waals surface area contributed by atoms with Gasteiger partial charge in [0.2, 0.25) is 0 Å². The van der Waals surface area contributed by atoms with Crippen LogP contribution in [0, 0.1) is 18.3 Å². The lowest BCUT2D eigenvalue weighted by molar-refractivity contribution is -0.115. The van der Waals surface area contributed by atoms with E-state index >= 15 is 0 Å². The van der Waals surface area contributed by atoms with E-state index in [0.717, 1.165) is 16.8 Å². The summed E-state index contributed by atoms with van der Waals surface area (Å²) in [4.78, 5) is 17.3. The Morgan fingerprint density at radius 3 is 2.82 bits per heavy atom. The van der Waals surface area contributed by atoms with Gasteiger partial charge < -0.3 is 14.8 Å². The van der Waals surface area contributed by atoms with E-state index in [-0.39, 0.29) is 12.5 Å². The molecule has 1 heterocycles. The number of amides is 1. The number of methoxy groups -OCH3 is 1. The van der Waals surface area contributed by atoms with Crippen molar-refractivity contribution in [3.05, 3.63) is 57.5 Å². The Morgan fingerprint density at radius 2 is 2.11 bits per heavy atom. The number of nitrogens with zero attached hydrogens (tertiary/aromatic N) is 2. The summed E-state index contributed by atoms with van der Waals surface area (Å²) in [5.41, 5.74) is 2.43. The van der Waals surface area contributed by atoms with Gasteiger partial charge in [-0.3, -0.25) is 4.79 Å². The molecular formula is C20H16ClN3O3S. The van der Waals surface area contributed by atoms with Gasteiger partial charge in [-0.15, -0.1) is 0 Å². The van der Waals surface area contributed by atoms with Crippen LogP contribution in [0.5, 0.6) is 11.5 Å². The number of hydrogen-bond donors (Lipinski definition) is 1. The van der Waals surface area contributed by atoms with Crippen LogP contribution < -0.4 is 14.8 Å². The largest absolute Gasteiger partial charge is 0.493 e. The number of nitriles is 1. The van der Waals surface area contributed by atoms with E-state index < -0.39 is 0 Å². The number of aryl methyl sites for hydroxylation is 1. The number of rotatable bonds is 5. The molecule has 1 N–H and O–H groups in total. The fourth-order valence-electron chi connectivity index (χ4n) is 2.49. The maximum atomic E-state index is 12.3. The summed E-state index contributed by atoms with van der Waals surface area (Å²) < 4.78 is 10.6. The number of ether oxygens (including phenoxy) is 2. The number of benzene rings is 2. The van der Waals surface area contributed by atoms with E-state index in [1.807, 2.05) is 25.1 Å². The fourth-order valence-corrected chi connectivity index (χ4v) is 3.55. The van der Waals surface area contributed by atoms with Crippen LogP contribution in [-0.4, -0.2) is 24.8 Å². The molecule has 0 atom stereocenters. The van der Waals surface area contributed by atoms with Gasteiger partial charge in [-0.1, -0.05) is 17.7 Å². The number of aliphatic imine (C=N–C) groups is 1. The van der Waals surface area contributed by atoms with Crippen molar-refractivity contribution in [1.29, 1.82) is 5.26 Å². The maximum absolute atomic E-state index is 12.3. The molecule has 0 saturated carbocycles. The number of halogens is 1. The zero-order valence-electron chi connectivity index (χ0n) is 15.2. The summed E-state index contributed by atoms with van der Waals surface area (Å²) in [6, 6.07) is 12.5. The van der Waals surface area contributed by atoms with E-state index in [0.29, 0.717) is 26.6 Å². The standard InChI is InChI=1S/C20H16ClN3O3S/c1-12-9-14(21)4-5-15(12)23-20-24-19(25)18(28-20)11-13-3-6-16(27-8-7-22)17(10-13)26-2/h3-6,9-11H,8H2,1-2H3,(H,23,24,25)/b18-11-. The van der Waals surface area contributed by atoms with Crippen LogP contribution in [0.1, 0.15) is 11.1 Å². The molecule has 28 heavy (non-hydrogen) atoms. The molecular weight excluding hydrogens is 398 g/mol. The highest BCUT2D eigenvalue weighted by molar-refractivity contribution is 8.18. The lowest BCUT2D eigenvalue weighted by Crippen LogP contribution is -2.19. The first kappa shape index (κ1) is 19.8. The van der Waals surface area contributed by atoms with Crippen molar-refractivity contribution in [2.45, 2.75) is 6.92 Å². The SMILES string of the molecule is COc1cc(/C=C2\SC(=Nc3ccc(Cl)cc3C)NC2=O)ccc1OCC#N. The quantitative estimate of drug-likeness (QED) is 0.732. The zero-order valence-corrected chi connectivity index (χ0v) is 16.7. The lowest BCUT2D eigenvalue weighted by Gasteiger charge is -2.08. The van der Waals surface area contributed by atoms with Crippen molar-refractivity contribution in [2.24, 2.45) is 4.99 Å². The average molecular weight is 414 g/mol. The molecule has 3 rings (SSSR count). The van der Waals surface area contributed by atoms with Crippen molar-refractivity contribution in [2.75, 3.05) is 13.7 Å². The fraction of sp³-hybridized carbons (Fsp3) is 0.150. The van der Waals surface area contributed by atoms with E-state index in [2.05, 4.69) is 10.3 Å². The van der Waals surface area contributed by atoms with Gasteiger partial charge in [-0.25, -0.2) is 4.99 Å². The van der Waals surface area contributed by atoms with Gasteiger partial charge >= 0.3 is 0 Å². The predicted molar refractivity (Wildman–Crippen MR) is 111 cm³/mol. The molecule has 2 aromatic rings. The average Bonchev–Trinajstić information content (AvgIpc) is 3.01. The second kappa shape index (κ2) is 8.83. The molecule has 0 bridgehead atoms. The second-order valence-corrected chi connectivity index (χ2v) is 7.24. The number of amidine groups is 1. The first-order valence-corrected chi connectivity index (χ1v) is 9.43. The van der Waals surface area contributed by atoms with Crippen LogP contribution in [0.25, 0.3) is 6.08 Å². The normalized spacial score (nSPS) is 16.1. The van der Waals surface area contributed by atoms with Gasteiger partial charge in [0.15, 0.2) is 23.3 Å². The van der Waals surface area contributed by atoms with Crippen molar-refractivity contribution in [3.63, 3.8) is 0 Å². The summed E-state index contributed by atoms with van der Waals surface area (Å²) in [7, 11) is 1.52. The number of hydrogen-bond acceptors (Lipinski definition) is 6. The van der Waals surface area contributed by atoms with Gasteiger partial charge in [-0.2, -0.15) is 5.26 Å². The third-order valence-electron chi connectivity index (χ3n) is 3.81. The predicted octanol–water partition coefficient (Wildman–Crippen LogP) is 4.45. The van der Waals surface area contributed by atoms with Gasteiger partial charge in [0.05, 0.1) is 17.7 Å². The first-order chi connectivity index (χ1) is 13.5. The minimum absolute atomic E-state index is 0.0704. The van der Waals surface area contributed by atoms with Crippen molar-refractivity contribution in [3.8, 4) is 17.6 Å². The van der Waals surface area contributed by atoms with E-state index in [9.17, 15) is 4.79 Å². The highest BCUT2D eigenvalue weighted by Gasteiger charge is 2.24. The van der Waals surface area contributed by atoms with E-state index in [1.165, 1.54) is 18.9 Å². The van der Waals surface area contributed by atoms with E-state index in [1.54, 1.807) is 30.3 Å². The summed E-state index contributed by atoms with van der Waals surface area (Å²) in [6.45, 7) is 1.84. The molecule has 1 aliphatic rings. The molecule has 1 fully saturated rings. The Morgan fingerprint density at radius 1 is 1.29 bits per heavy atom. The van der Waals surface area contributed by atoms with Gasteiger partial charge in [0.1, 0.15) is 6.07 Å². The zero-order chi connectivity index (χ0) is 20.1.